The normalized spacial score (nSPS) is 13.5. The number of rotatable bonds is 8. The average molecular weight is 436 g/mol. The predicted octanol–water partition coefficient (Wildman–Crippen LogP) is 3.74. The Hall–Kier alpha value is -4.82. The van der Waals surface area contributed by atoms with Crippen LogP contribution in [0.3, 0.4) is 0 Å². The lowest BCUT2D eigenvalue weighted by Gasteiger charge is -2.28. The first-order chi connectivity index (χ1) is 16.1. The molecule has 160 valence electrons. The molecule has 8 heteroatoms. The van der Waals surface area contributed by atoms with Gasteiger partial charge in [0.1, 0.15) is 0 Å². The van der Waals surface area contributed by atoms with Gasteiger partial charge in [-0.2, -0.15) is 20.0 Å². The lowest BCUT2D eigenvalue weighted by molar-refractivity contribution is 0.507. The first kappa shape index (κ1) is 22.9. The van der Waals surface area contributed by atoms with Gasteiger partial charge in [-0.05, 0) is 18.6 Å². The summed E-state index contributed by atoms with van der Waals surface area (Å²) in [6.07, 6.45) is 5.93. The number of hydrogen-bond acceptors (Lipinski definition) is 8. The van der Waals surface area contributed by atoms with Gasteiger partial charge in [0, 0.05) is 22.3 Å². The quantitative estimate of drug-likeness (QED) is 0.395. The topological polar surface area (TPSA) is 118 Å². The standard InChI is InChI=1S/C25H16N4O4/c1-19-12-13-22(24(26-15-30,27-16-31)20-8-4-2-5-9-20)14-23(19)25(28-17-32,29-18-33)21-10-6-3-7-11-21/h2-14H,1H3. The Kier molecular flexibility index (Phi) is 6.92. The highest BCUT2D eigenvalue weighted by Gasteiger charge is 2.40. The maximum Gasteiger partial charge on any atom is 0.238 e. The molecule has 33 heavy (non-hydrogen) atoms. The fraction of sp³-hybridized carbons (Fsp3) is 0.120. The van der Waals surface area contributed by atoms with Crippen LogP contribution in [0, 0.1) is 6.92 Å². The van der Waals surface area contributed by atoms with E-state index >= 15 is 0 Å². The molecule has 0 saturated heterocycles. The highest BCUT2D eigenvalue weighted by atomic mass is 16.1. The molecule has 0 bridgehead atoms. The molecule has 0 spiro atoms. The minimum absolute atomic E-state index is 0.267. The molecular formula is C25H16N4O4. The number of benzene rings is 3. The van der Waals surface area contributed by atoms with Crippen molar-refractivity contribution >= 4 is 24.3 Å². The Balaban J connectivity index is 2.44. The molecule has 3 aromatic rings. The van der Waals surface area contributed by atoms with Gasteiger partial charge in [-0.1, -0.05) is 72.8 Å². The lowest BCUT2D eigenvalue weighted by atomic mass is 9.84. The first-order valence-electron chi connectivity index (χ1n) is 9.66. The summed E-state index contributed by atoms with van der Waals surface area (Å²) in [5.41, 5.74) is -1.62. The molecule has 0 unspecified atom stereocenters. The zero-order valence-corrected chi connectivity index (χ0v) is 17.4. The number of isocyanates is 4. The Morgan fingerprint density at radius 1 is 0.545 bits per heavy atom. The minimum Gasteiger partial charge on any atom is -0.211 e. The van der Waals surface area contributed by atoms with Gasteiger partial charge >= 0.3 is 0 Å². The molecule has 0 atom stereocenters. The van der Waals surface area contributed by atoms with Crippen LogP contribution in [-0.4, -0.2) is 24.3 Å². The number of aryl methyl sites for hydroxylation is 1. The molecule has 0 saturated carbocycles. The third kappa shape index (κ3) is 4.18. The summed E-state index contributed by atoms with van der Waals surface area (Å²) < 4.78 is 0. The van der Waals surface area contributed by atoms with E-state index in [0.717, 1.165) is 0 Å². The average Bonchev–Trinajstić information content (AvgIpc) is 2.85. The van der Waals surface area contributed by atoms with Crippen molar-refractivity contribution in [2.24, 2.45) is 20.0 Å². The van der Waals surface area contributed by atoms with Crippen molar-refractivity contribution in [1.29, 1.82) is 0 Å². The van der Waals surface area contributed by atoms with Crippen molar-refractivity contribution < 1.29 is 19.2 Å². The van der Waals surface area contributed by atoms with Crippen LogP contribution in [0.15, 0.2) is 98.8 Å². The van der Waals surface area contributed by atoms with E-state index < -0.39 is 11.3 Å². The van der Waals surface area contributed by atoms with E-state index in [1.165, 1.54) is 30.4 Å². The molecule has 3 rings (SSSR count). The number of aliphatic imine (C=N–C) groups is 4. The van der Waals surface area contributed by atoms with Crippen LogP contribution in [-0.2, 0) is 30.5 Å². The highest BCUT2D eigenvalue weighted by molar-refractivity contribution is 5.55. The first-order valence-corrected chi connectivity index (χ1v) is 9.66. The van der Waals surface area contributed by atoms with E-state index in [1.807, 2.05) is 0 Å². The van der Waals surface area contributed by atoms with E-state index in [4.69, 9.17) is 0 Å². The van der Waals surface area contributed by atoms with Crippen LogP contribution in [0.25, 0.3) is 0 Å². The number of hydrogen-bond donors (Lipinski definition) is 0. The second-order valence-electron chi connectivity index (χ2n) is 6.92. The van der Waals surface area contributed by atoms with Gasteiger partial charge in [0.15, 0.2) is 0 Å². The smallest absolute Gasteiger partial charge is 0.211 e. The van der Waals surface area contributed by atoms with Crippen LogP contribution in [0.2, 0.25) is 0 Å². The molecule has 3 aromatic carbocycles. The molecule has 0 heterocycles. The molecule has 0 aliphatic heterocycles. The summed E-state index contributed by atoms with van der Waals surface area (Å²) in [7, 11) is 0. The fourth-order valence-corrected chi connectivity index (χ4v) is 3.70. The van der Waals surface area contributed by atoms with Gasteiger partial charge in [-0.25, -0.2) is 19.2 Å². The summed E-state index contributed by atoms with van der Waals surface area (Å²) in [4.78, 5) is 61.1. The molecule has 8 nitrogen and oxygen atoms in total. The molecule has 0 aliphatic carbocycles. The Bertz CT molecular complexity index is 1310. The van der Waals surface area contributed by atoms with Gasteiger partial charge < -0.3 is 0 Å². The lowest BCUT2D eigenvalue weighted by Crippen LogP contribution is -2.27. The summed E-state index contributed by atoms with van der Waals surface area (Å²) in [6, 6.07) is 21.7. The summed E-state index contributed by atoms with van der Waals surface area (Å²) in [6.45, 7) is 1.73. The van der Waals surface area contributed by atoms with Crippen molar-refractivity contribution in [3.05, 3.63) is 107 Å². The fourth-order valence-electron chi connectivity index (χ4n) is 3.70. The Morgan fingerprint density at radius 3 is 1.42 bits per heavy atom. The van der Waals surface area contributed by atoms with Crippen molar-refractivity contribution in [2.45, 2.75) is 18.2 Å². The molecule has 0 radical (unpaired) electrons. The van der Waals surface area contributed by atoms with Gasteiger partial charge in [-0.3, -0.25) is 0 Å². The largest absolute Gasteiger partial charge is 0.238 e. The predicted molar refractivity (Wildman–Crippen MR) is 118 cm³/mol. The third-order valence-electron chi connectivity index (χ3n) is 5.20. The van der Waals surface area contributed by atoms with Crippen LogP contribution >= 0.6 is 0 Å². The summed E-state index contributed by atoms with van der Waals surface area (Å²) in [5.74, 6) is 0. The van der Waals surface area contributed by atoms with E-state index in [0.29, 0.717) is 22.3 Å². The second kappa shape index (κ2) is 9.99. The maximum atomic E-state index is 11.4. The van der Waals surface area contributed by atoms with Crippen LogP contribution < -0.4 is 0 Å². The molecule has 0 fully saturated rings. The number of carbonyl (C=O) groups excluding carboxylic acids is 4. The van der Waals surface area contributed by atoms with E-state index in [-0.39, 0.29) is 5.56 Å². The van der Waals surface area contributed by atoms with E-state index in [1.54, 1.807) is 79.7 Å². The highest BCUT2D eigenvalue weighted by Crippen LogP contribution is 2.41. The molecule has 0 amide bonds. The third-order valence-corrected chi connectivity index (χ3v) is 5.20. The summed E-state index contributed by atoms with van der Waals surface area (Å²) >= 11 is 0. The zero-order valence-electron chi connectivity index (χ0n) is 17.4. The van der Waals surface area contributed by atoms with Gasteiger partial charge in [0.2, 0.25) is 35.6 Å². The van der Waals surface area contributed by atoms with Crippen molar-refractivity contribution in [3.63, 3.8) is 0 Å². The summed E-state index contributed by atoms with van der Waals surface area (Å²) in [5, 5.41) is 0. The van der Waals surface area contributed by atoms with Crippen molar-refractivity contribution in [1.82, 2.24) is 0 Å². The van der Waals surface area contributed by atoms with Crippen LogP contribution in [0.1, 0.15) is 27.8 Å². The molecule has 0 aliphatic rings. The van der Waals surface area contributed by atoms with Crippen molar-refractivity contribution in [2.75, 3.05) is 0 Å². The van der Waals surface area contributed by atoms with Gasteiger partial charge in [0.25, 0.3) is 0 Å². The zero-order chi connectivity index (χ0) is 23.7. The Morgan fingerprint density at radius 2 is 0.970 bits per heavy atom. The monoisotopic (exact) mass is 436 g/mol. The maximum absolute atomic E-state index is 11.4. The van der Waals surface area contributed by atoms with Gasteiger partial charge in [0.05, 0.1) is 0 Å². The Labute approximate surface area is 188 Å². The molecule has 0 N–H and O–H groups in total. The van der Waals surface area contributed by atoms with Gasteiger partial charge in [-0.15, -0.1) is 0 Å². The van der Waals surface area contributed by atoms with Crippen LogP contribution in [0.4, 0.5) is 0 Å². The van der Waals surface area contributed by atoms with Crippen molar-refractivity contribution in [3.8, 4) is 0 Å². The molecular weight excluding hydrogens is 420 g/mol. The minimum atomic E-state index is -1.80. The number of nitrogens with zero attached hydrogens (tertiary/aromatic N) is 4. The second-order valence-corrected chi connectivity index (χ2v) is 6.92. The van der Waals surface area contributed by atoms with Crippen LogP contribution in [0.5, 0.6) is 0 Å². The van der Waals surface area contributed by atoms with E-state index in [9.17, 15) is 19.2 Å². The van der Waals surface area contributed by atoms with E-state index in [2.05, 4.69) is 20.0 Å². The SMILES string of the molecule is Cc1ccc(C(N=C=O)(N=C=O)c2ccccc2)cc1C(N=C=O)(N=C=O)c1ccccc1. The molecule has 0 aromatic heterocycles.